The molecule has 1 aromatic heterocycles. The third-order valence-electron chi connectivity index (χ3n) is 3.86. The molecule has 3 rings (SSSR count). The summed E-state index contributed by atoms with van der Waals surface area (Å²) in [4.78, 5) is 0. The van der Waals surface area contributed by atoms with Gasteiger partial charge in [-0.1, -0.05) is 56.2 Å². The second-order valence-corrected chi connectivity index (χ2v) is 5.39. The zero-order valence-corrected chi connectivity index (χ0v) is 12.3. The van der Waals surface area contributed by atoms with Gasteiger partial charge in [-0.25, -0.2) is 0 Å². The highest BCUT2D eigenvalue weighted by Crippen LogP contribution is 2.28. The van der Waals surface area contributed by atoms with Crippen LogP contribution in [0.25, 0.3) is 10.9 Å². The zero-order chi connectivity index (χ0) is 14.5. The molecule has 1 unspecified atom stereocenters. The van der Waals surface area contributed by atoms with Gasteiger partial charge in [0, 0.05) is 11.1 Å². The summed E-state index contributed by atoms with van der Waals surface area (Å²) in [6.07, 6.45) is 5.45. The quantitative estimate of drug-likeness (QED) is 0.673. The Morgan fingerprint density at radius 2 is 1.95 bits per heavy atom. The fraction of sp³-hybridized carbons (Fsp3) is 0.278. The van der Waals surface area contributed by atoms with Crippen LogP contribution in [0.1, 0.15) is 37.8 Å². The number of benzene rings is 2. The molecule has 0 saturated carbocycles. The van der Waals surface area contributed by atoms with Crippen molar-refractivity contribution in [1.29, 1.82) is 0 Å². The van der Waals surface area contributed by atoms with Crippen molar-refractivity contribution in [3.63, 3.8) is 0 Å². The van der Waals surface area contributed by atoms with Gasteiger partial charge in [-0.3, -0.25) is 5.10 Å². The van der Waals surface area contributed by atoms with Crippen LogP contribution in [0.15, 0.2) is 54.7 Å². The Balaban J connectivity index is 1.89. The number of aromatic amines is 1. The first kappa shape index (κ1) is 13.7. The van der Waals surface area contributed by atoms with Crippen molar-refractivity contribution in [1.82, 2.24) is 10.2 Å². The molecule has 0 spiro atoms. The molecule has 0 amide bonds. The average molecular weight is 279 g/mol. The summed E-state index contributed by atoms with van der Waals surface area (Å²) in [6, 6.07) is 17.2. The first-order chi connectivity index (χ1) is 10.4. The Kier molecular flexibility index (Phi) is 4.20. The molecule has 108 valence electrons. The molecule has 2 N–H and O–H groups in total. The predicted molar refractivity (Wildman–Crippen MR) is 88.4 cm³/mol. The lowest BCUT2D eigenvalue weighted by Gasteiger charge is -2.21. The molecule has 1 atom stereocenters. The molecule has 0 aliphatic heterocycles. The van der Waals surface area contributed by atoms with E-state index < -0.39 is 0 Å². The van der Waals surface area contributed by atoms with Crippen molar-refractivity contribution in [3.05, 3.63) is 60.3 Å². The van der Waals surface area contributed by atoms with Crippen molar-refractivity contribution < 1.29 is 0 Å². The molecule has 3 aromatic rings. The third-order valence-corrected chi connectivity index (χ3v) is 3.86. The van der Waals surface area contributed by atoms with Crippen LogP contribution in [0.3, 0.4) is 0 Å². The zero-order valence-electron chi connectivity index (χ0n) is 12.3. The summed E-state index contributed by atoms with van der Waals surface area (Å²) in [7, 11) is 0. The van der Waals surface area contributed by atoms with Crippen LogP contribution in [-0.4, -0.2) is 10.2 Å². The first-order valence-corrected chi connectivity index (χ1v) is 7.62. The molecule has 0 aliphatic carbocycles. The Morgan fingerprint density at radius 1 is 1.10 bits per heavy atom. The minimum Gasteiger partial charge on any atom is -0.378 e. The number of aromatic nitrogens is 2. The van der Waals surface area contributed by atoms with E-state index in [0.717, 1.165) is 23.0 Å². The van der Waals surface area contributed by atoms with Crippen LogP contribution in [0, 0.1) is 0 Å². The number of hydrogen-bond donors (Lipinski definition) is 2. The fourth-order valence-corrected chi connectivity index (χ4v) is 2.70. The summed E-state index contributed by atoms with van der Waals surface area (Å²) in [5, 5.41) is 12.0. The van der Waals surface area contributed by atoms with E-state index >= 15 is 0 Å². The number of unbranched alkanes of at least 4 members (excludes halogenated alkanes) is 1. The summed E-state index contributed by atoms with van der Waals surface area (Å²) < 4.78 is 0. The summed E-state index contributed by atoms with van der Waals surface area (Å²) in [5.41, 5.74) is 3.56. The van der Waals surface area contributed by atoms with Crippen molar-refractivity contribution >= 4 is 16.6 Å². The Hall–Kier alpha value is -2.29. The number of nitrogens with zero attached hydrogens (tertiary/aromatic N) is 1. The van der Waals surface area contributed by atoms with Crippen LogP contribution in [0.4, 0.5) is 5.69 Å². The second-order valence-electron chi connectivity index (χ2n) is 5.39. The molecule has 0 radical (unpaired) electrons. The lowest BCUT2D eigenvalue weighted by molar-refractivity contribution is 0.635. The van der Waals surface area contributed by atoms with E-state index in [1.807, 2.05) is 6.20 Å². The van der Waals surface area contributed by atoms with Crippen LogP contribution in [-0.2, 0) is 0 Å². The van der Waals surface area contributed by atoms with Gasteiger partial charge in [0.1, 0.15) is 0 Å². The van der Waals surface area contributed by atoms with E-state index in [1.165, 1.54) is 18.4 Å². The Bertz CT molecular complexity index is 688. The monoisotopic (exact) mass is 279 g/mol. The number of nitrogens with one attached hydrogen (secondary N) is 2. The number of hydrogen-bond acceptors (Lipinski definition) is 2. The van der Waals surface area contributed by atoms with Gasteiger partial charge in [-0.2, -0.15) is 5.10 Å². The smallest absolute Gasteiger partial charge is 0.0671 e. The molecule has 0 aliphatic rings. The number of rotatable bonds is 6. The maximum absolute atomic E-state index is 4.14. The largest absolute Gasteiger partial charge is 0.378 e. The average Bonchev–Trinajstić information content (AvgIpc) is 3.01. The Labute approximate surface area is 125 Å². The van der Waals surface area contributed by atoms with Crippen LogP contribution >= 0.6 is 0 Å². The third kappa shape index (κ3) is 3.07. The van der Waals surface area contributed by atoms with E-state index in [9.17, 15) is 0 Å². The van der Waals surface area contributed by atoms with E-state index in [1.54, 1.807) is 0 Å². The van der Waals surface area contributed by atoms with Crippen molar-refractivity contribution in [2.75, 3.05) is 5.32 Å². The van der Waals surface area contributed by atoms with Crippen LogP contribution in [0.5, 0.6) is 0 Å². The van der Waals surface area contributed by atoms with Gasteiger partial charge in [0.15, 0.2) is 0 Å². The van der Waals surface area contributed by atoms with Gasteiger partial charge in [0.05, 0.1) is 17.8 Å². The molecule has 0 bridgehead atoms. The van der Waals surface area contributed by atoms with Crippen molar-refractivity contribution in [3.8, 4) is 0 Å². The van der Waals surface area contributed by atoms with Gasteiger partial charge in [-0.05, 0) is 24.1 Å². The highest BCUT2D eigenvalue weighted by atomic mass is 15.1. The fourth-order valence-electron chi connectivity index (χ4n) is 2.70. The molecule has 1 heterocycles. The lowest BCUT2D eigenvalue weighted by atomic mass is 10.0. The highest BCUT2D eigenvalue weighted by Gasteiger charge is 2.12. The normalized spacial score (nSPS) is 12.4. The molecular weight excluding hydrogens is 258 g/mol. The molecular formula is C18H21N3. The highest BCUT2D eigenvalue weighted by molar-refractivity contribution is 5.91. The standard InChI is InChI=1S/C18H21N3/c1-2-3-10-16(14-8-5-4-6-9-14)20-17-11-7-12-18-15(17)13-19-21-18/h4-9,11-13,16,20H,2-3,10H2,1H3,(H,19,21). The molecule has 3 nitrogen and oxygen atoms in total. The van der Waals surface area contributed by atoms with Crippen LogP contribution < -0.4 is 5.32 Å². The minimum atomic E-state index is 0.339. The van der Waals surface area contributed by atoms with Crippen LogP contribution in [0.2, 0.25) is 0 Å². The molecule has 21 heavy (non-hydrogen) atoms. The molecule has 0 saturated heterocycles. The summed E-state index contributed by atoms with van der Waals surface area (Å²) in [5.74, 6) is 0. The van der Waals surface area contributed by atoms with Gasteiger partial charge in [0.2, 0.25) is 0 Å². The lowest BCUT2D eigenvalue weighted by Crippen LogP contribution is -2.10. The maximum atomic E-state index is 4.14. The topological polar surface area (TPSA) is 40.7 Å². The van der Waals surface area contributed by atoms with Crippen molar-refractivity contribution in [2.45, 2.75) is 32.2 Å². The summed E-state index contributed by atoms with van der Waals surface area (Å²) >= 11 is 0. The predicted octanol–water partition coefficient (Wildman–Crippen LogP) is 4.91. The SMILES string of the molecule is CCCCC(Nc1cccc2[nH]ncc12)c1ccccc1. The number of anilines is 1. The van der Waals surface area contributed by atoms with Crippen molar-refractivity contribution in [2.24, 2.45) is 0 Å². The second kappa shape index (κ2) is 6.44. The van der Waals surface area contributed by atoms with E-state index in [-0.39, 0.29) is 0 Å². The van der Waals surface area contributed by atoms with E-state index in [0.29, 0.717) is 6.04 Å². The van der Waals surface area contributed by atoms with E-state index in [4.69, 9.17) is 0 Å². The Morgan fingerprint density at radius 3 is 2.76 bits per heavy atom. The molecule has 0 fully saturated rings. The molecule has 3 heteroatoms. The van der Waals surface area contributed by atoms with Gasteiger partial charge >= 0.3 is 0 Å². The van der Waals surface area contributed by atoms with Gasteiger partial charge in [-0.15, -0.1) is 0 Å². The number of fused-ring (bicyclic) bond motifs is 1. The number of H-pyrrole nitrogens is 1. The summed E-state index contributed by atoms with van der Waals surface area (Å²) in [6.45, 7) is 2.23. The van der Waals surface area contributed by atoms with E-state index in [2.05, 4.69) is 71.0 Å². The van der Waals surface area contributed by atoms with Gasteiger partial charge < -0.3 is 5.32 Å². The molecule has 2 aromatic carbocycles. The first-order valence-electron chi connectivity index (χ1n) is 7.62. The van der Waals surface area contributed by atoms with Gasteiger partial charge in [0.25, 0.3) is 0 Å². The maximum Gasteiger partial charge on any atom is 0.0671 e. The minimum absolute atomic E-state index is 0.339.